The van der Waals surface area contributed by atoms with Crippen LogP contribution in [-0.2, 0) is 4.74 Å². The van der Waals surface area contributed by atoms with Crippen molar-refractivity contribution in [3.05, 3.63) is 29.8 Å². The molecule has 0 aromatic heterocycles. The molecule has 4 nitrogen and oxygen atoms in total. The molecule has 136 valence electrons. The average Bonchev–Trinajstić information content (AvgIpc) is 2.53. The first kappa shape index (κ1) is 21.2. The van der Waals surface area contributed by atoms with Crippen LogP contribution in [-0.4, -0.2) is 26.2 Å². The van der Waals surface area contributed by atoms with Crippen LogP contribution in [0.25, 0.3) is 0 Å². The van der Waals surface area contributed by atoms with Gasteiger partial charge in [0, 0.05) is 25.9 Å². The van der Waals surface area contributed by atoms with E-state index in [0.717, 1.165) is 31.7 Å². The molecule has 1 unspecified atom stereocenters. The number of nitrogens with zero attached hydrogens (tertiary/aromatic N) is 1. The van der Waals surface area contributed by atoms with E-state index in [2.05, 4.69) is 48.4 Å². The molecule has 1 aromatic carbocycles. The van der Waals surface area contributed by atoms with Crippen LogP contribution >= 0.6 is 24.0 Å². The number of hydrogen-bond donors (Lipinski definition) is 2. The lowest BCUT2D eigenvalue weighted by Crippen LogP contribution is -2.35. The quantitative estimate of drug-likeness (QED) is 0.345. The first-order chi connectivity index (χ1) is 11.1. The zero-order valence-electron chi connectivity index (χ0n) is 15.2. The van der Waals surface area contributed by atoms with Crippen molar-refractivity contribution in [3.8, 4) is 0 Å². The van der Waals surface area contributed by atoms with Gasteiger partial charge in [-0.05, 0) is 54.7 Å². The van der Waals surface area contributed by atoms with Crippen molar-refractivity contribution in [2.45, 2.75) is 51.9 Å². The number of methoxy groups -OCH3 is 1. The highest BCUT2D eigenvalue weighted by atomic mass is 127. The van der Waals surface area contributed by atoms with Gasteiger partial charge < -0.3 is 15.8 Å². The Morgan fingerprint density at radius 3 is 2.50 bits per heavy atom. The minimum Gasteiger partial charge on any atom is -0.385 e. The molecule has 0 aliphatic heterocycles. The van der Waals surface area contributed by atoms with Crippen molar-refractivity contribution in [1.29, 1.82) is 0 Å². The van der Waals surface area contributed by atoms with Gasteiger partial charge in [0.05, 0.1) is 0 Å². The summed E-state index contributed by atoms with van der Waals surface area (Å²) in [4.78, 5) is 4.57. The summed E-state index contributed by atoms with van der Waals surface area (Å²) in [5.41, 5.74) is 8.72. The first-order valence-electron chi connectivity index (χ1n) is 8.74. The molecule has 0 spiro atoms. The lowest BCUT2D eigenvalue weighted by Gasteiger charge is -2.40. The second-order valence-corrected chi connectivity index (χ2v) is 6.85. The van der Waals surface area contributed by atoms with E-state index in [1.807, 2.05) is 0 Å². The third kappa shape index (κ3) is 5.92. The smallest absolute Gasteiger partial charge is 0.193 e. The maximum absolute atomic E-state index is 6.05. The van der Waals surface area contributed by atoms with Crippen molar-refractivity contribution in [1.82, 2.24) is 0 Å². The second kappa shape index (κ2) is 10.2. The molecular formula is C19H32IN3O. The molecule has 0 saturated heterocycles. The van der Waals surface area contributed by atoms with Gasteiger partial charge in [-0.1, -0.05) is 32.4 Å². The van der Waals surface area contributed by atoms with E-state index in [9.17, 15) is 0 Å². The summed E-state index contributed by atoms with van der Waals surface area (Å²) in [6.07, 6.45) is 5.99. The Morgan fingerprint density at radius 2 is 2.00 bits per heavy atom. The van der Waals surface area contributed by atoms with E-state index >= 15 is 0 Å². The Kier molecular flexibility index (Phi) is 9.05. The fraction of sp³-hybridized carbons (Fsp3) is 0.632. The fourth-order valence-electron chi connectivity index (χ4n) is 3.05. The fourth-order valence-corrected chi connectivity index (χ4v) is 3.05. The Hall–Kier alpha value is -0.820. The van der Waals surface area contributed by atoms with Gasteiger partial charge in [0.1, 0.15) is 0 Å². The van der Waals surface area contributed by atoms with E-state index in [1.165, 1.54) is 24.8 Å². The molecule has 0 amide bonds. The number of benzene rings is 1. The summed E-state index contributed by atoms with van der Waals surface area (Å²) in [7, 11) is 1.76. The summed E-state index contributed by atoms with van der Waals surface area (Å²) in [6, 6.07) is 8.48. The predicted molar refractivity (Wildman–Crippen MR) is 113 cm³/mol. The maximum Gasteiger partial charge on any atom is 0.193 e. The number of rotatable bonds is 8. The van der Waals surface area contributed by atoms with Gasteiger partial charge >= 0.3 is 0 Å². The van der Waals surface area contributed by atoms with Crippen LogP contribution < -0.4 is 11.1 Å². The van der Waals surface area contributed by atoms with Gasteiger partial charge in [-0.25, -0.2) is 0 Å². The van der Waals surface area contributed by atoms with E-state index < -0.39 is 0 Å². The lowest BCUT2D eigenvalue weighted by molar-refractivity contribution is 0.0780. The van der Waals surface area contributed by atoms with Crippen LogP contribution in [0.2, 0.25) is 0 Å². The van der Waals surface area contributed by atoms with Crippen LogP contribution in [0.3, 0.4) is 0 Å². The van der Waals surface area contributed by atoms with Gasteiger partial charge in [0.2, 0.25) is 0 Å². The van der Waals surface area contributed by atoms with Crippen molar-refractivity contribution in [2.24, 2.45) is 16.1 Å². The molecule has 1 saturated carbocycles. The summed E-state index contributed by atoms with van der Waals surface area (Å²) < 4.78 is 5.22. The van der Waals surface area contributed by atoms with Gasteiger partial charge in [-0.15, -0.1) is 24.0 Å². The third-order valence-corrected chi connectivity index (χ3v) is 5.20. The van der Waals surface area contributed by atoms with E-state index in [0.29, 0.717) is 17.3 Å². The highest BCUT2D eigenvalue weighted by molar-refractivity contribution is 14.0. The molecule has 0 radical (unpaired) electrons. The van der Waals surface area contributed by atoms with Crippen LogP contribution in [0, 0.1) is 5.41 Å². The summed E-state index contributed by atoms with van der Waals surface area (Å²) in [6.45, 7) is 6.05. The molecule has 24 heavy (non-hydrogen) atoms. The topological polar surface area (TPSA) is 59.6 Å². The average molecular weight is 445 g/mol. The minimum atomic E-state index is 0. The Balaban J connectivity index is 0.00000288. The predicted octanol–water partition coefficient (Wildman–Crippen LogP) is 4.75. The van der Waals surface area contributed by atoms with Crippen molar-refractivity contribution < 1.29 is 4.74 Å². The second-order valence-electron chi connectivity index (χ2n) is 6.85. The lowest BCUT2D eigenvalue weighted by atomic mass is 9.67. The largest absolute Gasteiger partial charge is 0.385 e. The van der Waals surface area contributed by atoms with Gasteiger partial charge in [0.25, 0.3) is 0 Å². The Bertz CT molecular complexity index is 512. The first-order valence-corrected chi connectivity index (χ1v) is 8.74. The van der Waals surface area contributed by atoms with Crippen LogP contribution in [0.15, 0.2) is 29.3 Å². The number of ether oxygens (including phenoxy) is 1. The van der Waals surface area contributed by atoms with Crippen molar-refractivity contribution >= 4 is 35.6 Å². The number of nitrogens with two attached hydrogens (primary N) is 1. The standard InChI is InChI=1S/C19H31N3O.HI/c1-4-15(2)16-6-8-17(9-7-16)22-18(20)21-14-19(10-5-11-19)12-13-23-3;/h6-9,15H,4-5,10-14H2,1-3H3,(H3,20,21,22);1H. The van der Waals surface area contributed by atoms with Crippen LogP contribution in [0.4, 0.5) is 5.69 Å². The number of guanidine groups is 1. The molecule has 5 heteroatoms. The third-order valence-electron chi connectivity index (χ3n) is 5.20. The maximum atomic E-state index is 6.05. The van der Waals surface area contributed by atoms with Crippen LogP contribution in [0.5, 0.6) is 0 Å². The zero-order chi connectivity index (χ0) is 16.7. The molecule has 1 aliphatic rings. The van der Waals surface area contributed by atoms with Gasteiger partial charge in [0.15, 0.2) is 5.96 Å². The molecule has 2 rings (SSSR count). The number of hydrogen-bond acceptors (Lipinski definition) is 2. The molecular weight excluding hydrogens is 413 g/mol. The van der Waals surface area contributed by atoms with Gasteiger partial charge in [-0.3, -0.25) is 4.99 Å². The van der Waals surface area contributed by atoms with E-state index in [-0.39, 0.29) is 24.0 Å². The number of nitrogens with one attached hydrogen (secondary N) is 1. The molecule has 0 heterocycles. The SMILES string of the molecule is CCC(C)c1ccc(NC(N)=NCC2(CCOC)CCC2)cc1.I. The molecule has 1 aliphatic carbocycles. The summed E-state index contributed by atoms with van der Waals surface area (Å²) in [5, 5.41) is 3.20. The summed E-state index contributed by atoms with van der Waals surface area (Å²) in [5.74, 6) is 1.10. The highest BCUT2D eigenvalue weighted by Crippen LogP contribution is 2.44. The molecule has 0 bridgehead atoms. The normalized spacial score (nSPS) is 17.5. The molecule has 1 aromatic rings. The van der Waals surface area contributed by atoms with E-state index in [1.54, 1.807) is 7.11 Å². The van der Waals surface area contributed by atoms with Crippen LogP contribution in [0.1, 0.15) is 57.4 Å². The molecule has 1 atom stereocenters. The zero-order valence-corrected chi connectivity index (χ0v) is 17.5. The van der Waals surface area contributed by atoms with Gasteiger partial charge in [-0.2, -0.15) is 0 Å². The Morgan fingerprint density at radius 1 is 1.33 bits per heavy atom. The molecule has 1 fully saturated rings. The van der Waals surface area contributed by atoms with Crippen molar-refractivity contribution in [3.63, 3.8) is 0 Å². The van der Waals surface area contributed by atoms with Crippen molar-refractivity contribution in [2.75, 3.05) is 25.6 Å². The minimum absolute atomic E-state index is 0. The number of aliphatic imine (C=N–C) groups is 1. The summed E-state index contributed by atoms with van der Waals surface area (Å²) >= 11 is 0. The highest BCUT2D eigenvalue weighted by Gasteiger charge is 2.36. The number of halogens is 1. The monoisotopic (exact) mass is 445 g/mol. The Labute approximate surface area is 163 Å². The van der Waals surface area contributed by atoms with E-state index in [4.69, 9.17) is 10.5 Å². The molecule has 3 N–H and O–H groups in total. The number of anilines is 1.